The van der Waals surface area contributed by atoms with Gasteiger partial charge >= 0.3 is 0 Å². The van der Waals surface area contributed by atoms with Crippen molar-refractivity contribution in [3.8, 4) is 11.5 Å². The molecule has 1 saturated carbocycles. The first-order valence-corrected chi connectivity index (χ1v) is 10.4. The Morgan fingerprint density at radius 2 is 1.90 bits per heavy atom. The molecule has 2 unspecified atom stereocenters. The monoisotopic (exact) mass is 402 g/mol. The summed E-state index contributed by atoms with van der Waals surface area (Å²) in [5.74, 6) is 0.308. The van der Waals surface area contributed by atoms with Crippen LogP contribution in [-0.4, -0.2) is 56.6 Å². The first-order valence-electron chi connectivity index (χ1n) is 10.4. The average Bonchev–Trinajstić information content (AvgIpc) is 3.34. The smallest absolute Gasteiger partial charge is 0.227 e. The molecule has 3 fully saturated rings. The minimum absolute atomic E-state index is 0.0211. The molecule has 0 bridgehead atoms. The third-order valence-electron chi connectivity index (χ3n) is 6.16. The van der Waals surface area contributed by atoms with Crippen LogP contribution in [0.5, 0.6) is 11.5 Å². The van der Waals surface area contributed by atoms with E-state index in [-0.39, 0.29) is 30.2 Å². The van der Waals surface area contributed by atoms with Crippen LogP contribution in [0.3, 0.4) is 0 Å². The van der Waals surface area contributed by atoms with Gasteiger partial charge in [-0.1, -0.05) is 0 Å². The molecule has 0 radical (unpaired) electrons. The first-order chi connectivity index (χ1) is 14.1. The lowest BCUT2D eigenvalue weighted by Crippen LogP contribution is -2.48. The third kappa shape index (κ3) is 3.67. The molecule has 1 aromatic rings. The van der Waals surface area contributed by atoms with E-state index in [0.717, 1.165) is 24.9 Å². The summed E-state index contributed by atoms with van der Waals surface area (Å²) in [5.41, 5.74) is 0.735. The number of nitrogens with one attached hydrogen (secondary N) is 1. The average molecular weight is 402 g/mol. The number of anilines is 1. The predicted molar refractivity (Wildman–Crippen MR) is 103 cm³/mol. The maximum absolute atomic E-state index is 12.9. The van der Waals surface area contributed by atoms with Gasteiger partial charge in [0, 0.05) is 43.6 Å². The summed E-state index contributed by atoms with van der Waals surface area (Å²) in [4.78, 5) is 27.1. The lowest BCUT2D eigenvalue weighted by molar-refractivity contribution is -0.182. The Morgan fingerprint density at radius 3 is 2.72 bits per heavy atom. The highest BCUT2D eigenvalue weighted by Gasteiger charge is 2.43. The molecule has 4 aliphatic rings. The zero-order valence-electron chi connectivity index (χ0n) is 16.4. The van der Waals surface area contributed by atoms with E-state index in [0.29, 0.717) is 50.9 Å². The number of hydrogen-bond acceptors (Lipinski definition) is 6. The van der Waals surface area contributed by atoms with E-state index in [9.17, 15) is 9.59 Å². The summed E-state index contributed by atoms with van der Waals surface area (Å²) in [6, 6.07) is 5.48. The Hall–Kier alpha value is -2.32. The van der Waals surface area contributed by atoms with Crippen molar-refractivity contribution in [2.45, 2.75) is 43.9 Å². The molecular weight excluding hydrogens is 376 g/mol. The molecule has 1 spiro atoms. The topological polar surface area (TPSA) is 86.3 Å². The lowest BCUT2D eigenvalue weighted by atomic mass is 9.89. The number of benzene rings is 1. The maximum Gasteiger partial charge on any atom is 0.227 e. The fourth-order valence-electron chi connectivity index (χ4n) is 4.73. The van der Waals surface area contributed by atoms with Crippen LogP contribution in [0.1, 0.15) is 32.1 Å². The summed E-state index contributed by atoms with van der Waals surface area (Å²) < 4.78 is 22.7. The van der Waals surface area contributed by atoms with Crippen molar-refractivity contribution in [3.63, 3.8) is 0 Å². The summed E-state index contributed by atoms with van der Waals surface area (Å²) >= 11 is 0. The van der Waals surface area contributed by atoms with Crippen molar-refractivity contribution in [3.05, 3.63) is 18.2 Å². The quantitative estimate of drug-likeness (QED) is 0.827. The highest BCUT2D eigenvalue weighted by atomic mass is 16.7. The van der Waals surface area contributed by atoms with Gasteiger partial charge in [-0.15, -0.1) is 0 Å². The number of carbonyl (C=O) groups excluding carboxylic acids is 2. The number of ether oxygens (including phenoxy) is 4. The molecule has 2 amide bonds. The molecule has 0 aromatic heterocycles. The second kappa shape index (κ2) is 7.50. The molecule has 156 valence electrons. The molecule has 1 aromatic carbocycles. The van der Waals surface area contributed by atoms with E-state index in [4.69, 9.17) is 18.9 Å². The SMILES string of the molecule is O=C(NC1CCCC2(C1)OCCO2)C1CC(=O)N(c2ccc3c(c2)OCCO3)C1. The fraction of sp³-hybridized carbons (Fsp3) is 0.619. The Morgan fingerprint density at radius 1 is 1.10 bits per heavy atom. The van der Waals surface area contributed by atoms with Crippen molar-refractivity contribution in [2.24, 2.45) is 5.92 Å². The van der Waals surface area contributed by atoms with E-state index in [1.807, 2.05) is 18.2 Å². The van der Waals surface area contributed by atoms with Crippen molar-refractivity contribution in [1.29, 1.82) is 0 Å². The number of fused-ring (bicyclic) bond motifs is 1. The van der Waals surface area contributed by atoms with Gasteiger partial charge in [-0.25, -0.2) is 0 Å². The normalized spacial score (nSPS) is 28.0. The minimum atomic E-state index is -0.529. The third-order valence-corrected chi connectivity index (χ3v) is 6.16. The predicted octanol–water partition coefficient (Wildman–Crippen LogP) is 1.61. The Bertz CT molecular complexity index is 806. The molecule has 1 aliphatic carbocycles. The molecule has 2 saturated heterocycles. The van der Waals surface area contributed by atoms with Crippen molar-refractivity contribution in [1.82, 2.24) is 5.32 Å². The summed E-state index contributed by atoms with van der Waals surface area (Å²) in [6.45, 7) is 2.61. The van der Waals surface area contributed by atoms with Gasteiger partial charge in [-0.3, -0.25) is 9.59 Å². The zero-order valence-corrected chi connectivity index (χ0v) is 16.4. The van der Waals surface area contributed by atoms with Crippen LogP contribution >= 0.6 is 0 Å². The number of hydrogen-bond donors (Lipinski definition) is 1. The van der Waals surface area contributed by atoms with Gasteiger partial charge in [-0.05, 0) is 25.0 Å². The van der Waals surface area contributed by atoms with E-state index in [1.165, 1.54) is 0 Å². The van der Waals surface area contributed by atoms with Gasteiger partial charge in [0.1, 0.15) is 13.2 Å². The van der Waals surface area contributed by atoms with Crippen LogP contribution < -0.4 is 19.7 Å². The molecule has 8 nitrogen and oxygen atoms in total. The molecule has 29 heavy (non-hydrogen) atoms. The van der Waals surface area contributed by atoms with E-state index in [1.54, 1.807) is 4.90 Å². The van der Waals surface area contributed by atoms with Crippen molar-refractivity contribution >= 4 is 17.5 Å². The molecule has 8 heteroatoms. The Balaban J connectivity index is 1.22. The standard InChI is InChI=1S/C21H26N2O6/c24-19-10-14(13-23(19)16-3-4-17-18(11-16)27-7-6-26-17)20(25)22-15-2-1-5-21(12-15)28-8-9-29-21/h3-4,11,14-15H,1-2,5-10,12-13H2,(H,22,25). The number of amides is 2. The Kier molecular flexibility index (Phi) is 4.83. The summed E-state index contributed by atoms with van der Waals surface area (Å²) in [7, 11) is 0. The van der Waals surface area contributed by atoms with E-state index in [2.05, 4.69) is 5.32 Å². The van der Waals surface area contributed by atoms with Crippen LogP contribution in [0.25, 0.3) is 0 Å². The molecule has 1 N–H and O–H groups in total. The second-order valence-electron chi connectivity index (χ2n) is 8.14. The Labute approximate surface area is 169 Å². The zero-order chi connectivity index (χ0) is 19.8. The molecule has 2 atom stereocenters. The number of nitrogens with zero attached hydrogens (tertiary/aromatic N) is 1. The summed E-state index contributed by atoms with van der Waals surface area (Å²) in [6.07, 6.45) is 3.63. The lowest BCUT2D eigenvalue weighted by Gasteiger charge is -2.36. The van der Waals surface area contributed by atoms with Gasteiger partial charge in [0.25, 0.3) is 0 Å². The highest BCUT2D eigenvalue weighted by molar-refractivity contribution is 6.00. The molecule has 5 rings (SSSR count). The van der Waals surface area contributed by atoms with Gasteiger partial charge in [0.15, 0.2) is 17.3 Å². The fourth-order valence-corrected chi connectivity index (χ4v) is 4.73. The van der Waals surface area contributed by atoms with E-state index >= 15 is 0 Å². The van der Waals surface area contributed by atoms with Crippen LogP contribution in [0.4, 0.5) is 5.69 Å². The summed E-state index contributed by atoms with van der Waals surface area (Å²) in [5, 5.41) is 3.13. The van der Waals surface area contributed by atoms with Gasteiger partial charge in [0.05, 0.1) is 19.1 Å². The second-order valence-corrected chi connectivity index (χ2v) is 8.14. The number of carbonyl (C=O) groups is 2. The van der Waals surface area contributed by atoms with Gasteiger partial charge in [0.2, 0.25) is 11.8 Å². The van der Waals surface area contributed by atoms with Crippen molar-refractivity contribution < 1.29 is 28.5 Å². The number of rotatable bonds is 3. The van der Waals surface area contributed by atoms with Gasteiger partial charge < -0.3 is 29.2 Å². The van der Waals surface area contributed by atoms with Crippen molar-refractivity contribution in [2.75, 3.05) is 37.9 Å². The molecule has 3 aliphatic heterocycles. The maximum atomic E-state index is 12.9. The highest BCUT2D eigenvalue weighted by Crippen LogP contribution is 2.37. The van der Waals surface area contributed by atoms with Crippen LogP contribution in [-0.2, 0) is 19.1 Å². The molecular formula is C21H26N2O6. The first kappa shape index (κ1) is 18.7. The molecule has 3 heterocycles. The van der Waals surface area contributed by atoms with Crippen LogP contribution in [0, 0.1) is 5.92 Å². The van der Waals surface area contributed by atoms with Crippen LogP contribution in [0.15, 0.2) is 18.2 Å². The van der Waals surface area contributed by atoms with Crippen LogP contribution in [0.2, 0.25) is 0 Å². The van der Waals surface area contributed by atoms with E-state index < -0.39 is 5.79 Å². The largest absolute Gasteiger partial charge is 0.486 e. The van der Waals surface area contributed by atoms with Gasteiger partial charge in [-0.2, -0.15) is 0 Å². The minimum Gasteiger partial charge on any atom is -0.486 e.